The molecule has 2 N–H and O–H groups in total. The number of amides is 5. The first-order chi connectivity index (χ1) is 27.1. The van der Waals surface area contributed by atoms with E-state index >= 15 is 4.39 Å². The summed E-state index contributed by atoms with van der Waals surface area (Å²) < 4.78 is 27.5. The molecule has 0 bridgehead atoms. The monoisotopic (exact) mass is 798 g/mol. The van der Waals surface area contributed by atoms with Gasteiger partial charge in [0, 0.05) is 73.3 Å². The van der Waals surface area contributed by atoms with Gasteiger partial charge in [0.1, 0.15) is 24.0 Å². The summed E-state index contributed by atoms with van der Waals surface area (Å²) in [5.41, 5.74) is 0.640. The summed E-state index contributed by atoms with van der Waals surface area (Å²) >= 11 is 6.23. The zero-order valence-electron chi connectivity index (χ0n) is 32.2. The Hall–Kier alpha value is -5.52. The van der Waals surface area contributed by atoms with E-state index in [9.17, 15) is 29.2 Å². The maximum absolute atomic E-state index is 15.5. The van der Waals surface area contributed by atoms with E-state index in [1.165, 1.54) is 12.1 Å². The Morgan fingerprint density at radius 3 is 2.33 bits per heavy atom. The number of piperazine rings is 1. The van der Waals surface area contributed by atoms with Crippen LogP contribution in [0.3, 0.4) is 0 Å². The molecule has 0 aromatic heterocycles. The third-order valence-electron chi connectivity index (χ3n) is 11.7. The average molecular weight is 799 g/mol. The van der Waals surface area contributed by atoms with Gasteiger partial charge in [-0.25, -0.2) is 4.39 Å². The highest BCUT2D eigenvalue weighted by Gasteiger charge is 2.64. The molecule has 1 aliphatic carbocycles. The molecule has 57 heavy (non-hydrogen) atoms. The second kappa shape index (κ2) is 15.4. The number of carbonyl (C=O) groups is 5. The number of rotatable bonds is 11. The van der Waals surface area contributed by atoms with Gasteiger partial charge in [0.05, 0.1) is 28.3 Å². The Kier molecular flexibility index (Phi) is 10.8. The summed E-state index contributed by atoms with van der Waals surface area (Å²) in [5, 5.41) is 14.9. The summed E-state index contributed by atoms with van der Waals surface area (Å²) in [7, 11) is 0. The molecular weight excluding hydrogens is 755 g/mol. The van der Waals surface area contributed by atoms with Crippen LogP contribution in [0.4, 0.5) is 10.1 Å². The van der Waals surface area contributed by atoms with Crippen LogP contribution >= 0.6 is 11.6 Å². The third-order valence-corrected chi connectivity index (χ3v) is 12.0. The Morgan fingerprint density at radius 1 is 0.982 bits per heavy atom. The predicted octanol–water partition coefficient (Wildman–Crippen LogP) is 4.96. The van der Waals surface area contributed by atoms with E-state index in [2.05, 4.69) is 54.2 Å². The maximum atomic E-state index is 15.5. The van der Waals surface area contributed by atoms with E-state index < -0.39 is 41.1 Å². The van der Waals surface area contributed by atoms with Crippen LogP contribution in [-0.4, -0.2) is 96.9 Å². The molecule has 0 radical (unpaired) electrons. The molecule has 0 spiro atoms. The van der Waals surface area contributed by atoms with Crippen molar-refractivity contribution in [3.05, 3.63) is 87.7 Å². The molecule has 1 atom stereocenters. The summed E-state index contributed by atoms with van der Waals surface area (Å²) in [6.45, 7) is 12.3. The molecule has 298 valence electrons. The minimum absolute atomic E-state index is 0.0163. The lowest BCUT2D eigenvalue weighted by atomic mass is 9.49. The summed E-state index contributed by atoms with van der Waals surface area (Å²) in [6.07, 6.45) is 0.349. The molecule has 3 fully saturated rings. The number of halogens is 2. The number of nitriles is 1. The van der Waals surface area contributed by atoms with Crippen molar-refractivity contribution >= 4 is 46.8 Å². The van der Waals surface area contributed by atoms with Gasteiger partial charge in [-0.3, -0.25) is 39.1 Å². The van der Waals surface area contributed by atoms with Crippen LogP contribution in [0.15, 0.2) is 54.6 Å². The van der Waals surface area contributed by atoms with Crippen molar-refractivity contribution in [3.63, 3.8) is 0 Å². The molecular formula is C42H44ClFN6O7. The van der Waals surface area contributed by atoms with Gasteiger partial charge in [0.2, 0.25) is 11.8 Å². The quantitative estimate of drug-likeness (QED) is 0.201. The minimum atomic E-state index is -1.18. The van der Waals surface area contributed by atoms with E-state index in [0.717, 1.165) is 36.8 Å². The van der Waals surface area contributed by atoms with E-state index in [1.54, 1.807) is 18.2 Å². The highest BCUT2D eigenvalue weighted by Crippen LogP contribution is 2.55. The Balaban J connectivity index is 0.859. The number of anilines is 1. The van der Waals surface area contributed by atoms with Crippen LogP contribution in [0.5, 0.6) is 11.5 Å². The molecule has 3 aromatic rings. The molecule has 3 aliphatic heterocycles. The normalized spacial score (nSPS) is 22.6. The number of benzene rings is 3. The zero-order chi connectivity index (χ0) is 40.8. The van der Waals surface area contributed by atoms with Crippen molar-refractivity contribution in [1.82, 2.24) is 20.4 Å². The van der Waals surface area contributed by atoms with Gasteiger partial charge in [0.15, 0.2) is 11.6 Å². The van der Waals surface area contributed by atoms with Crippen LogP contribution in [0.25, 0.3) is 0 Å². The van der Waals surface area contributed by atoms with Gasteiger partial charge in [-0.1, -0.05) is 39.3 Å². The molecule has 7 rings (SSSR count). The van der Waals surface area contributed by atoms with Gasteiger partial charge in [-0.05, 0) is 61.4 Å². The standard InChI is InChI=1S/C42H44ClFN6O7/c1-41(2)39(42(3,4)40(41)57-27-11-8-25(23-45)29(43)22-27)47-35(52)24-6-9-26(10-7-24)49-19-17-48(18-20-49)16-5-21-56-31-14-12-28-33(34(31)44)38(55)50(37(28)54)30-13-15-32(51)46-36(30)53/h6-12,14,22,30,39-40H,5,13,15-21H2,1-4H3,(H,47,52)(H,46,51,53). The van der Waals surface area contributed by atoms with Crippen molar-refractivity contribution < 1.29 is 37.8 Å². The Bertz CT molecular complexity index is 2160. The van der Waals surface area contributed by atoms with Crippen LogP contribution in [0.2, 0.25) is 5.02 Å². The number of imide groups is 2. The second-order valence-electron chi connectivity index (χ2n) is 16.1. The van der Waals surface area contributed by atoms with Gasteiger partial charge in [0.25, 0.3) is 17.7 Å². The molecule has 1 unspecified atom stereocenters. The lowest BCUT2D eigenvalue weighted by Crippen LogP contribution is -2.74. The van der Waals surface area contributed by atoms with Crippen LogP contribution in [-0.2, 0) is 9.59 Å². The number of hydrogen-bond acceptors (Lipinski definition) is 10. The van der Waals surface area contributed by atoms with Gasteiger partial charge in [-0.2, -0.15) is 5.26 Å². The highest BCUT2D eigenvalue weighted by atomic mass is 35.5. The van der Waals surface area contributed by atoms with Crippen molar-refractivity contribution in [2.24, 2.45) is 10.8 Å². The third kappa shape index (κ3) is 7.42. The molecule has 3 heterocycles. The molecule has 1 saturated carbocycles. The van der Waals surface area contributed by atoms with E-state index in [1.807, 2.05) is 24.3 Å². The number of carbonyl (C=O) groups excluding carboxylic acids is 5. The van der Waals surface area contributed by atoms with E-state index in [4.69, 9.17) is 21.1 Å². The van der Waals surface area contributed by atoms with E-state index in [0.29, 0.717) is 34.9 Å². The number of hydrogen-bond donors (Lipinski definition) is 2. The Morgan fingerprint density at radius 2 is 1.68 bits per heavy atom. The average Bonchev–Trinajstić information content (AvgIpc) is 3.44. The van der Waals surface area contributed by atoms with Crippen molar-refractivity contribution in [2.45, 2.75) is 65.1 Å². The van der Waals surface area contributed by atoms with Gasteiger partial charge in [-0.15, -0.1) is 0 Å². The molecule has 3 aromatic carbocycles. The number of piperidine rings is 1. The number of nitrogens with one attached hydrogen (secondary N) is 2. The fourth-order valence-corrected chi connectivity index (χ4v) is 9.16. The minimum Gasteiger partial charge on any atom is -0.490 e. The summed E-state index contributed by atoms with van der Waals surface area (Å²) in [6, 6.07) is 16.0. The van der Waals surface area contributed by atoms with Crippen molar-refractivity contribution in [2.75, 3.05) is 44.2 Å². The molecule has 15 heteroatoms. The summed E-state index contributed by atoms with van der Waals surface area (Å²) in [5.74, 6) is -3.62. The van der Waals surface area contributed by atoms with Gasteiger partial charge >= 0.3 is 0 Å². The second-order valence-corrected chi connectivity index (χ2v) is 16.5. The Labute approximate surface area is 335 Å². The van der Waals surface area contributed by atoms with Crippen molar-refractivity contribution in [3.8, 4) is 17.6 Å². The first-order valence-electron chi connectivity index (χ1n) is 19.0. The van der Waals surface area contributed by atoms with Crippen molar-refractivity contribution in [1.29, 1.82) is 5.26 Å². The first kappa shape index (κ1) is 39.7. The lowest BCUT2D eigenvalue weighted by Gasteiger charge is -2.63. The smallest absolute Gasteiger partial charge is 0.265 e. The number of ether oxygens (including phenoxy) is 2. The summed E-state index contributed by atoms with van der Waals surface area (Å²) in [4.78, 5) is 68.6. The van der Waals surface area contributed by atoms with E-state index in [-0.39, 0.29) is 59.6 Å². The zero-order valence-corrected chi connectivity index (χ0v) is 33.0. The van der Waals surface area contributed by atoms with Crippen LogP contribution in [0, 0.1) is 28.0 Å². The largest absolute Gasteiger partial charge is 0.490 e. The fourth-order valence-electron chi connectivity index (χ4n) is 8.94. The maximum Gasteiger partial charge on any atom is 0.265 e. The van der Waals surface area contributed by atoms with Crippen LogP contribution in [0.1, 0.15) is 83.6 Å². The molecule has 4 aliphatic rings. The highest BCUT2D eigenvalue weighted by molar-refractivity contribution is 6.31. The number of nitrogens with zero attached hydrogens (tertiary/aromatic N) is 4. The van der Waals surface area contributed by atoms with Crippen LogP contribution < -0.4 is 25.0 Å². The van der Waals surface area contributed by atoms with Gasteiger partial charge < -0.3 is 19.7 Å². The predicted molar refractivity (Wildman–Crippen MR) is 208 cm³/mol. The topological polar surface area (TPSA) is 161 Å². The fraction of sp³-hybridized carbons (Fsp3) is 0.429. The molecule has 13 nitrogen and oxygen atoms in total. The number of fused-ring (bicyclic) bond motifs is 1. The molecule has 2 saturated heterocycles. The SMILES string of the molecule is CC1(C)C(NC(=O)c2ccc(N3CCN(CCCOc4ccc5c(c4F)C(=O)N(C4CCC(=O)NC4=O)C5=O)CC3)cc2)C(C)(C)C1Oc1ccc(C#N)c(Cl)c1. The molecule has 5 amide bonds. The lowest BCUT2D eigenvalue weighted by molar-refractivity contribution is -0.164. The first-order valence-corrected chi connectivity index (χ1v) is 19.4.